The molecule has 0 atom stereocenters. The first-order valence-corrected chi connectivity index (χ1v) is 9.65. The van der Waals surface area contributed by atoms with Crippen LogP contribution in [0.5, 0.6) is 0 Å². The highest BCUT2D eigenvalue weighted by Crippen LogP contribution is 2.55. The highest BCUT2D eigenvalue weighted by Gasteiger charge is 2.50. The third-order valence-corrected chi connectivity index (χ3v) is 6.80. The molecule has 128 valence electrons. The smallest absolute Gasteiger partial charge is 0.101 e. The molecule has 1 aromatic carbocycles. The standard InChI is InChI=1S/C22H25N3/c23-14-19-4-1-2-6-21(19)25-7-3-5-20(25)15-24-22-11-16-8-17(12-22)10-18(9-16)13-22/h1-7,16-18,24H,8-13,15H2. The van der Waals surface area contributed by atoms with Crippen molar-refractivity contribution in [1.29, 1.82) is 5.26 Å². The van der Waals surface area contributed by atoms with Crippen LogP contribution in [0.15, 0.2) is 42.6 Å². The van der Waals surface area contributed by atoms with Gasteiger partial charge in [0.05, 0.1) is 11.3 Å². The Morgan fingerprint density at radius 2 is 1.68 bits per heavy atom. The number of nitriles is 1. The summed E-state index contributed by atoms with van der Waals surface area (Å²) in [6, 6.07) is 14.5. The van der Waals surface area contributed by atoms with Crippen molar-refractivity contribution in [2.24, 2.45) is 17.8 Å². The van der Waals surface area contributed by atoms with Crippen LogP contribution in [0.1, 0.15) is 49.8 Å². The van der Waals surface area contributed by atoms with Gasteiger partial charge in [-0.2, -0.15) is 5.26 Å². The van der Waals surface area contributed by atoms with Crippen LogP contribution in [0.3, 0.4) is 0 Å². The highest BCUT2D eigenvalue weighted by molar-refractivity contribution is 5.49. The number of aromatic nitrogens is 1. The van der Waals surface area contributed by atoms with Gasteiger partial charge in [-0.05, 0) is 80.5 Å². The van der Waals surface area contributed by atoms with Gasteiger partial charge in [0.1, 0.15) is 6.07 Å². The van der Waals surface area contributed by atoms with Crippen molar-refractivity contribution in [2.75, 3.05) is 0 Å². The van der Waals surface area contributed by atoms with E-state index in [1.54, 1.807) is 0 Å². The zero-order valence-corrected chi connectivity index (χ0v) is 14.6. The van der Waals surface area contributed by atoms with Crippen LogP contribution < -0.4 is 5.32 Å². The molecule has 6 rings (SSSR count). The van der Waals surface area contributed by atoms with E-state index in [2.05, 4.69) is 34.3 Å². The van der Waals surface area contributed by atoms with Crippen LogP contribution >= 0.6 is 0 Å². The molecule has 1 aromatic heterocycles. The molecule has 4 aliphatic rings. The van der Waals surface area contributed by atoms with Crippen LogP contribution in [0, 0.1) is 29.1 Å². The van der Waals surface area contributed by atoms with Gasteiger partial charge in [-0.15, -0.1) is 0 Å². The van der Waals surface area contributed by atoms with E-state index in [9.17, 15) is 5.26 Å². The van der Waals surface area contributed by atoms with Gasteiger partial charge in [-0.1, -0.05) is 12.1 Å². The molecule has 4 fully saturated rings. The predicted molar refractivity (Wildman–Crippen MR) is 98.2 cm³/mol. The van der Waals surface area contributed by atoms with E-state index in [4.69, 9.17) is 0 Å². The number of para-hydroxylation sites is 1. The minimum atomic E-state index is 0.374. The van der Waals surface area contributed by atoms with Gasteiger partial charge in [-0.25, -0.2) is 0 Å². The summed E-state index contributed by atoms with van der Waals surface area (Å²) in [5.41, 5.74) is 3.34. The van der Waals surface area contributed by atoms with Crippen molar-refractivity contribution >= 4 is 0 Å². The first kappa shape index (κ1) is 15.2. The summed E-state index contributed by atoms with van der Waals surface area (Å²) in [4.78, 5) is 0. The molecule has 0 aliphatic heterocycles. The Labute approximate surface area is 149 Å². The molecular formula is C22H25N3. The molecule has 4 saturated carbocycles. The minimum Gasteiger partial charge on any atom is -0.318 e. The van der Waals surface area contributed by atoms with E-state index in [-0.39, 0.29) is 0 Å². The van der Waals surface area contributed by atoms with Gasteiger partial charge in [0.25, 0.3) is 0 Å². The van der Waals surface area contributed by atoms with E-state index in [0.29, 0.717) is 5.54 Å². The predicted octanol–water partition coefficient (Wildman–Crippen LogP) is 4.41. The first-order valence-electron chi connectivity index (χ1n) is 9.65. The summed E-state index contributed by atoms with van der Waals surface area (Å²) in [7, 11) is 0. The van der Waals surface area contributed by atoms with Gasteiger partial charge in [0, 0.05) is 24.0 Å². The fourth-order valence-electron chi connectivity index (χ4n) is 6.18. The molecule has 1 heterocycles. The van der Waals surface area contributed by atoms with Crippen molar-refractivity contribution in [1.82, 2.24) is 9.88 Å². The second-order valence-corrected chi connectivity index (χ2v) is 8.55. The molecule has 0 saturated heterocycles. The Morgan fingerprint density at radius 3 is 2.36 bits per heavy atom. The zero-order valence-electron chi connectivity index (χ0n) is 14.6. The average Bonchev–Trinajstić information content (AvgIpc) is 3.07. The van der Waals surface area contributed by atoms with Gasteiger partial charge < -0.3 is 9.88 Å². The molecule has 3 nitrogen and oxygen atoms in total. The molecule has 0 spiro atoms. The molecule has 3 heteroatoms. The average molecular weight is 331 g/mol. The van der Waals surface area contributed by atoms with Gasteiger partial charge in [0.15, 0.2) is 0 Å². The van der Waals surface area contributed by atoms with Crippen molar-refractivity contribution < 1.29 is 0 Å². The molecule has 4 aliphatic carbocycles. The van der Waals surface area contributed by atoms with Crippen molar-refractivity contribution in [3.05, 3.63) is 53.9 Å². The van der Waals surface area contributed by atoms with E-state index in [1.807, 2.05) is 24.3 Å². The molecule has 25 heavy (non-hydrogen) atoms. The third kappa shape index (κ3) is 2.60. The number of rotatable bonds is 4. The lowest BCUT2D eigenvalue weighted by molar-refractivity contribution is -0.0207. The summed E-state index contributed by atoms with van der Waals surface area (Å²) in [5, 5.41) is 13.4. The maximum atomic E-state index is 9.41. The number of hydrogen-bond donors (Lipinski definition) is 1. The molecule has 0 unspecified atom stereocenters. The SMILES string of the molecule is N#Cc1ccccc1-n1cccc1CNC12CC3CC(CC(C3)C1)C2. The van der Waals surface area contributed by atoms with E-state index in [1.165, 1.54) is 44.2 Å². The topological polar surface area (TPSA) is 40.8 Å². The Morgan fingerprint density at radius 1 is 1.00 bits per heavy atom. The fourth-order valence-corrected chi connectivity index (χ4v) is 6.18. The maximum absolute atomic E-state index is 9.41. The van der Waals surface area contributed by atoms with Crippen LogP contribution in [0.25, 0.3) is 5.69 Å². The number of nitrogens with zero attached hydrogens (tertiary/aromatic N) is 2. The number of nitrogens with one attached hydrogen (secondary N) is 1. The van der Waals surface area contributed by atoms with Crippen LogP contribution in [-0.2, 0) is 6.54 Å². The van der Waals surface area contributed by atoms with Crippen LogP contribution in [0.4, 0.5) is 0 Å². The Balaban J connectivity index is 1.38. The molecular weight excluding hydrogens is 306 g/mol. The van der Waals surface area contributed by atoms with Crippen molar-refractivity contribution in [2.45, 2.75) is 50.6 Å². The lowest BCUT2D eigenvalue weighted by Gasteiger charge is -2.57. The molecule has 2 aromatic rings. The fraction of sp³-hybridized carbons (Fsp3) is 0.500. The molecule has 0 radical (unpaired) electrons. The van der Waals surface area contributed by atoms with Crippen LogP contribution in [0.2, 0.25) is 0 Å². The monoisotopic (exact) mass is 331 g/mol. The van der Waals surface area contributed by atoms with Gasteiger partial charge in [0.2, 0.25) is 0 Å². The molecule has 0 amide bonds. The maximum Gasteiger partial charge on any atom is 0.101 e. The van der Waals surface area contributed by atoms with Gasteiger partial charge >= 0.3 is 0 Å². The lowest BCUT2D eigenvalue weighted by Crippen LogP contribution is -2.58. The Hall–Kier alpha value is -2.05. The third-order valence-electron chi connectivity index (χ3n) is 6.80. The lowest BCUT2D eigenvalue weighted by atomic mass is 9.53. The number of benzene rings is 1. The first-order chi connectivity index (χ1) is 12.2. The molecule has 4 bridgehead atoms. The normalized spacial score (nSPS) is 32.7. The van der Waals surface area contributed by atoms with Crippen LogP contribution in [-0.4, -0.2) is 10.1 Å². The second-order valence-electron chi connectivity index (χ2n) is 8.55. The van der Waals surface area contributed by atoms with Crippen molar-refractivity contribution in [3.63, 3.8) is 0 Å². The summed E-state index contributed by atoms with van der Waals surface area (Å²) in [6.45, 7) is 0.888. The van der Waals surface area contributed by atoms with Crippen molar-refractivity contribution in [3.8, 4) is 11.8 Å². The largest absolute Gasteiger partial charge is 0.318 e. The molecule has 1 N–H and O–H groups in total. The summed E-state index contributed by atoms with van der Waals surface area (Å²) in [6.07, 6.45) is 10.6. The van der Waals surface area contributed by atoms with E-state index < -0.39 is 0 Å². The van der Waals surface area contributed by atoms with Gasteiger partial charge in [-0.3, -0.25) is 0 Å². The quantitative estimate of drug-likeness (QED) is 0.901. The number of hydrogen-bond acceptors (Lipinski definition) is 2. The Bertz CT molecular complexity index is 791. The summed E-state index contributed by atoms with van der Waals surface area (Å²) in [5.74, 6) is 2.89. The minimum absolute atomic E-state index is 0.374. The van der Waals surface area contributed by atoms with E-state index >= 15 is 0 Å². The Kier molecular flexibility index (Phi) is 3.50. The summed E-state index contributed by atoms with van der Waals surface area (Å²) < 4.78 is 2.17. The zero-order chi connectivity index (χ0) is 16.9. The highest BCUT2D eigenvalue weighted by atomic mass is 15.1. The second kappa shape index (κ2) is 5.75. The summed E-state index contributed by atoms with van der Waals surface area (Å²) >= 11 is 0. The van der Waals surface area contributed by atoms with E-state index in [0.717, 1.165) is 35.5 Å².